The molecule has 8 nitrogen and oxygen atoms in total. The molecule has 2 amide bonds. The molecule has 11 heteroatoms. The van der Waals surface area contributed by atoms with Crippen molar-refractivity contribution in [3.63, 3.8) is 0 Å². The fraction of sp³-hybridized carbons (Fsp3) is 0.214. The molecule has 0 unspecified atom stereocenters. The van der Waals surface area contributed by atoms with Gasteiger partial charge >= 0.3 is 0 Å². The maximum absolute atomic E-state index is 13.6. The van der Waals surface area contributed by atoms with Crippen molar-refractivity contribution in [1.82, 2.24) is 19.9 Å². The van der Waals surface area contributed by atoms with Crippen molar-refractivity contribution in [3.05, 3.63) is 107 Å². The summed E-state index contributed by atoms with van der Waals surface area (Å²) in [5, 5.41) is 7.88. The highest BCUT2D eigenvalue weighted by Crippen LogP contribution is 2.44. The van der Waals surface area contributed by atoms with Crippen LogP contribution in [0.25, 0.3) is 0 Å². The Balaban J connectivity index is 1.47. The summed E-state index contributed by atoms with van der Waals surface area (Å²) in [5.41, 5.74) is 5.80. The molecule has 1 fully saturated rings. The third-order valence-corrected chi connectivity index (χ3v) is 7.22. The number of ether oxygens (including phenoxy) is 1. The fourth-order valence-electron chi connectivity index (χ4n) is 5.08. The quantitative estimate of drug-likeness (QED) is 0.348. The molecule has 1 aliphatic heterocycles. The van der Waals surface area contributed by atoms with Crippen molar-refractivity contribution < 1.29 is 23.1 Å². The van der Waals surface area contributed by atoms with E-state index in [4.69, 9.17) is 22.1 Å². The summed E-state index contributed by atoms with van der Waals surface area (Å²) in [4.78, 5) is 28.2. The van der Waals surface area contributed by atoms with Gasteiger partial charge in [0.05, 0.1) is 6.20 Å². The summed E-state index contributed by atoms with van der Waals surface area (Å²) in [5.74, 6) is -1.18. The van der Waals surface area contributed by atoms with Crippen LogP contribution in [0.5, 0.6) is 11.5 Å². The lowest BCUT2D eigenvalue weighted by Gasteiger charge is -2.36. The monoisotopic (exact) mass is 551 g/mol. The van der Waals surface area contributed by atoms with Gasteiger partial charge in [-0.25, -0.2) is 13.5 Å². The van der Waals surface area contributed by atoms with Crippen molar-refractivity contribution >= 4 is 23.4 Å². The molecule has 2 heterocycles. The summed E-state index contributed by atoms with van der Waals surface area (Å²) in [6.07, 6.45) is 3.65. The van der Waals surface area contributed by atoms with Gasteiger partial charge in [0, 0.05) is 17.8 Å². The molecule has 4 aromatic rings. The molecule has 0 saturated carbocycles. The van der Waals surface area contributed by atoms with Crippen LogP contribution in [0.15, 0.2) is 79.1 Å². The van der Waals surface area contributed by atoms with Crippen molar-refractivity contribution in [2.24, 2.45) is 11.7 Å². The zero-order chi connectivity index (χ0) is 27.6. The Morgan fingerprint density at radius 3 is 2.31 bits per heavy atom. The smallest absolute Gasteiger partial charge is 0.248 e. The summed E-state index contributed by atoms with van der Waals surface area (Å²) in [6, 6.07) is 16.4. The average Bonchev–Trinajstić information content (AvgIpc) is 3.56. The predicted octanol–water partition coefficient (Wildman–Crippen LogP) is 4.47. The zero-order valence-corrected chi connectivity index (χ0v) is 21.4. The Bertz CT molecular complexity index is 1480. The summed E-state index contributed by atoms with van der Waals surface area (Å²) >= 11 is 6.28. The summed E-state index contributed by atoms with van der Waals surface area (Å²) in [7, 11) is 0. The van der Waals surface area contributed by atoms with Crippen molar-refractivity contribution in [2.75, 3.05) is 6.54 Å². The third kappa shape index (κ3) is 5.46. The zero-order valence-electron chi connectivity index (χ0n) is 20.6. The first-order valence-electron chi connectivity index (χ1n) is 12.2. The van der Waals surface area contributed by atoms with Gasteiger partial charge in [0.1, 0.15) is 35.2 Å². The van der Waals surface area contributed by atoms with E-state index >= 15 is 0 Å². The number of amides is 2. The van der Waals surface area contributed by atoms with Gasteiger partial charge in [-0.05, 0) is 78.4 Å². The van der Waals surface area contributed by atoms with Gasteiger partial charge in [-0.15, -0.1) is 5.10 Å². The van der Waals surface area contributed by atoms with Crippen LogP contribution in [-0.4, -0.2) is 38.3 Å². The number of carbonyl (C=O) groups is 2. The number of primary amides is 1. The Hall–Kier alpha value is -4.31. The third-order valence-electron chi connectivity index (χ3n) is 6.87. The number of hydrogen-bond acceptors (Lipinski definition) is 5. The lowest BCUT2D eigenvalue weighted by molar-refractivity contribution is -0.144. The Morgan fingerprint density at radius 2 is 1.69 bits per heavy atom. The molecule has 0 bridgehead atoms. The second kappa shape index (κ2) is 10.8. The van der Waals surface area contributed by atoms with Gasteiger partial charge < -0.3 is 15.4 Å². The molecule has 3 aromatic carbocycles. The minimum atomic E-state index is -1.46. The van der Waals surface area contributed by atoms with E-state index in [-0.39, 0.29) is 42.2 Å². The molecule has 1 aromatic heterocycles. The van der Waals surface area contributed by atoms with Crippen LogP contribution >= 0.6 is 11.6 Å². The standard InChI is InChI=1S/C28H24ClF2N5O3/c29-25-14-22(31)4-1-19(25)13-18-15-28(27(32)38,36(16-18)26(37)17-35-12-11-33-34-35)20-2-7-23(8-3-20)39-24-9-5-21(30)6-10-24/h1-12,14,18H,13,15-17H2,(H2,32,38)/t18-,28+/m1/s1. The first-order valence-corrected chi connectivity index (χ1v) is 12.5. The minimum Gasteiger partial charge on any atom is -0.457 e. The fourth-order valence-corrected chi connectivity index (χ4v) is 5.33. The van der Waals surface area contributed by atoms with E-state index in [1.165, 1.54) is 52.2 Å². The first kappa shape index (κ1) is 26.3. The molecule has 1 aliphatic rings. The van der Waals surface area contributed by atoms with E-state index in [2.05, 4.69) is 10.3 Å². The van der Waals surface area contributed by atoms with Crippen LogP contribution in [-0.2, 0) is 28.1 Å². The number of rotatable bonds is 8. The van der Waals surface area contributed by atoms with Gasteiger partial charge in [-0.3, -0.25) is 9.59 Å². The van der Waals surface area contributed by atoms with Crippen LogP contribution in [0.4, 0.5) is 8.78 Å². The van der Waals surface area contributed by atoms with Gasteiger partial charge in [-0.2, -0.15) is 0 Å². The molecule has 200 valence electrons. The molecule has 0 aliphatic carbocycles. The molecule has 39 heavy (non-hydrogen) atoms. The first-order chi connectivity index (χ1) is 18.7. The highest BCUT2D eigenvalue weighted by atomic mass is 35.5. The Labute approximate surface area is 227 Å². The van der Waals surface area contributed by atoms with E-state index < -0.39 is 17.3 Å². The van der Waals surface area contributed by atoms with Crippen molar-refractivity contribution in [2.45, 2.75) is 24.9 Å². The maximum atomic E-state index is 13.6. The number of halogens is 3. The van der Waals surface area contributed by atoms with Crippen LogP contribution in [0.3, 0.4) is 0 Å². The molecule has 0 radical (unpaired) electrons. The van der Waals surface area contributed by atoms with Crippen molar-refractivity contribution in [1.29, 1.82) is 0 Å². The highest BCUT2D eigenvalue weighted by Gasteiger charge is 2.53. The predicted molar refractivity (Wildman–Crippen MR) is 139 cm³/mol. The number of carbonyl (C=O) groups excluding carboxylic acids is 2. The second-order valence-corrected chi connectivity index (χ2v) is 9.83. The summed E-state index contributed by atoms with van der Waals surface area (Å²) in [6.45, 7) is 0.0861. The van der Waals surface area contributed by atoms with Gasteiger partial charge in [0.2, 0.25) is 11.8 Å². The van der Waals surface area contributed by atoms with Gasteiger partial charge in [-0.1, -0.05) is 35.0 Å². The topological polar surface area (TPSA) is 103 Å². The number of aromatic nitrogens is 3. The van der Waals surface area contributed by atoms with Crippen LogP contribution in [0.2, 0.25) is 5.02 Å². The molecule has 0 spiro atoms. The summed E-state index contributed by atoms with van der Waals surface area (Å²) < 4.78 is 34.0. The largest absolute Gasteiger partial charge is 0.457 e. The number of likely N-dealkylation sites (tertiary alicyclic amines) is 1. The van der Waals surface area contributed by atoms with Gasteiger partial charge in [0.25, 0.3) is 0 Å². The highest BCUT2D eigenvalue weighted by molar-refractivity contribution is 6.31. The molecule has 5 rings (SSSR count). The maximum Gasteiger partial charge on any atom is 0.248 e. The normalized spacial score (nSPS) is 18.7. The van der Waals surface area contributed by atoms with Crippen LogP contribution in [0.1, 0.15) is 17.5 Å². The van der Waals surface area contributed by atoms with Gasteiger partial charge in [0.15, 0.2) is 0 Å². The van der Waals surface area contributed by atoms with E-state index in [9.17, 15) is 18.4 Å². The Morgan fingerprint density at radius 1 is 1.03 bits per heavy atom. The SMILES string of the molecule is NC(=O)[C@@]1(c2ccc(Oc3ccc(F)cc3)cc2)C[C@@H](Cc2ccc(F)cc2Cl)CN1C(=O)Cn1ccnn1. The minimum absolute atomic E-state index is 0.134. The molecule has 2 atom stereocenters. The van der Waals surface area contributed by atoms with E-state index in [1.807, 2.05) is 0 Å². The number of hydrogen-bond donors (Lipinski definition) is 1. The van der Waals surface area contributed by atoms with E-state index in [0.717, 1.165) is 0 Å². The molecule has 2 N–H and O–H groups in total. The number of nitrogens with two attached hydrogens (primary N) is 1. The van der Waals surface area contributed by atoms with Crippen LogP contribution < -0.4 is 10.5 Å². The lowest BCUT2D eigenvalue weighted by Crippen LogP contribution is -2.54. The lowest BCUT2D eigenvalue weighted by atomic mass is 9.82. The van der Waals surface area contributed by atoms with E-state index in [0.29, 0.717) is 29.0 Å². The molecule has 1 saturated heterocycles. The van der Waals surface area contributed by atoms with E-state index in [1.54, 1.807) is 36.5 Å². The van der Waals surface area contributed by atoms with Crippen molar-refractivity contribution in [3.8, 4) is 11.5 Å². The molecular weight excluding hydrogens is 528 g/mol. The molecular formula is C28H24ClF2N5O3. The number of benzene rings is 3. The van der Waals surface area contributed by atoms with Crippen LogP contribution in [0, 0.1) is 17.6 Å². The Kier molecular flexibility index (Phi) is 7.30. The second-order valence-electron chi connectivity index (χ2n) is 9.42. The number of nitrogens with zero attached hydrogens (tertiary/aromatic N) is 4. The average molecular weight is 552 g/mol.